The lowest BCUT2D eigenvalue weighted by Crippen LogP contribution is -2.49. The van der Waals surface area contributed by atoms with Gasteiger partial charge in [-0.25, -0.2) is 4.68 Å². The average molecular weight is 322 g/mol. The van der Waals surface area contributed by atoms with Crippen LogP contribution in [0.3, 0.4) is 0 Å². The molecule has 0 spiro atoms. The van der Waals surface area contributed by atoms with E-state index in [9.17, 15) is 10.1 Å². The third-order valence-corrected chi connectivity index (χ3v) is 4.63. The van der Waals surface area contributed by atoms with Crippen LogP contribution in [0.15, 0.2) is 5.16 Å². The second kappa shape index (κ2) is 6.65. The Kier molecular flexibility index (Phi) is 5.06. The number of nitrogens with one attached hydrogen (secondary N) is 1. The van der Waals surface area contributed by atoms with Gasteiger partial charge in [-0.1, -0.05) is 31.0 Å². The Morgan fingerprint density at radius 1 is 1.41 bits per heavy atom. The van der Waals surface area contributed by atoms with Crippen molar-refractivity contribution in [1.29, 1.82) is 5.26 Å². The van der Waals surface area contributed by atoms with E-state index in [0.29, 0.717) is 5.16 Å². The van der Waals surface area contributed by atoms with Crippen LogP contribution in [0.1, 0.15) is 52.9 Å². The highest BCUT2D eigenvalue weighted by atomic mass is 32.2. The maximum Gasteiger partial charge on any atom is 0.231 e. The normalized spacial score (nSPS) is 17.7. The van der Waals surface area contributed by atoms with Crippen molar-refractivity contribution < 1.29 is 4.79 Å². The molecule has 1 aromatic rings. The van der Waals surface area contributed by atoms with Crippen LogP contribution < -0.4 is 5.32 Å². The zero-order valence-electron chi connectivity index (χ0n) is 13.3. The van der Waals surface area contributed by atoms with E-state index in [0.717, 1.165) is 32.1 Å². The first-order valence-corrected chi connectivity index (χ1v) is 8.49. The van der Waals surface area contributed by atoms with Crippen molar-refractivity contribution in [3.63, 3.8) is 0 Å². The molecule has 1 heterocycles. The fourth-order valence-electron chi connectivity index (χ4n) is 2.54. The topological polar surface area (TPSA) is 96.5 Å². The number of nitrogens with zero attached hydrogens (tertiary/aromatic N) is 5. The number of hydrogen-bond donors (Lipinski definition) is 1. The minimum Gasteiger partial charge on any atom is -0.337 e. The molecular weight excluding hydrogens is 300 g/mol. The first kappa shape index (κ1) is 16.7. The van der Waals surface area contributed by atoms with Crippen LogP contribution in [0.5, 0.6) is 0 Å². The van der Waals surface area contributed by atoms with Crippen LogP contribution in [-0.4, -0.2) is 37.4 Å². The zero-order valence-corrected chi connectivity index (χ0v) is 14.1. The number of thioether (sulfide) groups is 1. The molecule has 22 heavy (non-hydrogen) atoms. The van der Waals surface area contributed by atoms with E-state index >= 15 is 0 Å². The summed E-state index contributed by atoms with van der Waals surface area (Å²) in [6, 6.07) is 2.29. The molecule has 1 aliphatic carbocycles. The Morgan fingerprint density at radius 2 is 2.09 bits per heavy atom. The predicted octanol–water partition coefficient (Wildman–Crippen LogP) is 1.86. The molecule has 1 aromatic heterocycles. The third kappa shape index (κ3) is 3.97. The van der Waals surface area contributed by atoms with Gasteiger partial charge in [0, 0.05) is 0 Å². The number of aromatic nitrogens is 4. The summed E-state index contributed by atoms with van der Waals surface area (Å²) in [6.07, 6.45) is 4.58. The van der Waals surface area contributed by atoms with Crippen molar-refractivity contribution >= 4 is 17.7 Å². The van der Waals surface area contributed by atoms with Gasteiger partial charge in [0.2, 0.25) is 11.1 Å². The van der Waals surface area contributed by atoms with Crippen LogP contribution in [0.25, 0.3) is 0 Å². The van der Waals surface area contributed by atoms with E-state index in [1.165, 1.54) is 11.8 Å². The lowest BCUT2D eigenvalue weighted by molar-refractivity contribution is -0.120. The van der Waals surface area contributed by atoms with E-state index < -0.39 is 5.54 Å². The number of carbonyl (C=O) groups excluding carboxylic acids is 1. The number of rotatable bonds is 4. The third-order valence-electron chi connectivity index (χ3n) is 3.71. The SMILES string of the molecule is CC(C)(C)n1nnnc1SCC(=O)NC1(C#N)CCCCC1. The number of carbonyl (C=O) groups is 1. The van der Waals surface area contributed by atoms with Gasteiger partial charge in [0.1, 0.15) is 5.54 Å². The van der Waals surface area contributed by atoms with Gasteiger partial charge in [0.25, 0.3) is 0 Å². The van der Waals surface area contributed by atoms with Crippen LogP contribution in [0.2, 0.25) is 0 Å². The highest BCUT2D eigenvalue weighted by Gasteiger charge is 2.33. The summed E-state index contributed by atoms with van der Waals surface area (Å²) < 4.78 is 1.70. The zero-order chi connectivity index (χ0) is 16.2. The second-order valence-electron chi connectivity index (χ2n) is 6.64. The Bertz CT molecular complexity index is 565. The van der Waals surface area contributed by atoms with Gasteiger partial charge in [-0.05, 0) is 44.0 Å². The molecule has 1 N–H and O–H groups in total. The van der Waals surface area contributed by atoms with E-state index in [1.54, 1.807) is 4.68 Å². The Morgan fingerprint density at radius 3 is 2.68 bits per heavy atom. The predicted molar refractivity (Wildman–Crippen MR) is 83.1 cm³/mol. The fraction of sp³-hybridized carbons (Fsp3) is 0.786. The van der Waals surface area contributed by atoms with Gasteiger partial charge in [-0.3, -0.25) is 4.79 Å². The highest BCUT2D eigenvalue weighted by Crippen LogP contribution is 2.28. The van der Waals surface area contributed by atoms with Gasteiger partial charge in [0.05, 0.1) is 17.4 Å². The molecule has 1 saturated carbocycles. The quantitative estimate of drug-likeness (QED) is 0.850. The monoisotopic (exact) mass is 322 g/mol. The lowest BCUT2D eigenvalue weighted by Gasteiger charge is -2.31. The second-order valence-corrected chi connectivity index (χ2v) is 7.58. The van der Waals surface area contributed by atoms with Crippen molar-refractivity contribution in [2.75, 3.05) is 5.75 Å². The largest absolute Gasteiger partial charge is 0.337 e. The van der Waals surface area contributed by atoms with Gasteiger partial charge in [0.15, 0.2) is 0 Å². The van der Waals surface area contributed by atoms with Crippen LogP contribution >= 0.6 is 11.8 Å². The Balaban J connectivity index is 1.93. The fourth-order valence-corrected chi connectivity index (χ4v) is 3.40. The van der Waals surface area contributed by atoms with Crippen molar-refractivity contribution in [3.8, 4) is 6.07 Å². The molecular formula is C14H22N6OS. The van der Waals surface area contributed by atoms with Gasteiger partial charge in [-0.2, -0.15) is 5.26 Å². The number of amides is 1. The van der Waals surface area contributed by atoms with E-state index in [-0.39, 0.29) is 17.2 Å². The van der Waals surface area contributed by atoms with Gasteiger partial charge < -0.3 is 5.32 Å². The Hall–Kier alpha value is -1.62. The maximum atomic E-state index is 12.2. The summed E-state index contributed by atoms with van der Waals surface area (Å²) in [6.45, 7) is 6.00. The first-order chi connectivity index (χ1) is 10.4. The standard InChI is InChI=1S/C14H22N6OS/c1-13(2,3)20-12(17-18-19-20)22-9-11(21)16-14(10-15)7-5-4-6-8-14/h4-9H2,1-3H3,(H,16,21). The molecule has 1 fully saturated rings. The summed E-state index contributed by atoms with van der Waals surface area (Å²) in [5.41, 5.74) is -0.925. The number of tetrazole rings is 1. The molecule has 120 valence electrons. The molecule has 8 heteroatoms. The molecule has 0 radical (unpaired) electrons. The molecule has 1 aliphatic rings. The van der Waals surface area contributed by atoms with Crippen LogP contribution in [0.4, 0.5) is 0 Å². The molecule has 0 atom stereocenters. The minimum absolute atomic E-state index is 0.142. The van der Waals surface area contributed by atoms with Crippen molar-refractivity contribution in [2.24, 2.45) is 0 Å². The van der Waals surface area contributed by atoms with Crippen LogP contribution in [-0.2, 0) is 10.3 Å². The Labute approximate surface area is 134 Å². The number of hydrogen-bond acceptors (Lipinski definition) is 6. The molecule has 2 rings (SSSR count). The highest BCUT2D eigenvalue weighted by molar-refractivity contribution is 7.99. The summed E-state index contributed by atoms with van der Waals surface area (Å²) in [5.74, 6) is 0.0665. The van der Waals surface area contributed by atoms with Crippen molar-refractivity contribution in [2.45, 2.75) is 69.1 Å². The average Bonchev–Trinajstić information content (AvgIpc) is 2.95. The van der Waals surface area contributed by atoms with Crippen molar-refractivity contribution in [1.82, 2.24) is 25.5 Å². The number of nitriles is 1. The molecule has 0 bridgehead atoms. The summed E-state index contributed by atoms with van der Waals surface area (Å²) in [5, 5.41) is 24.5. The van der Waals surface area contributed by atoms with Gasteiger partial charge in [-0.15, -0.1) is 5.10 Å². The summed E-state index contributed by atoms with van der Waals surface area (Å²) >= 11 is 1.29. The molecule has 0 saturated heterocycles. The van der Waals surface area contributed by atoms with E-state index in [4.69, 9.17) is 0 Å². The van der Waals surface area contributed by atoms with Crippen LogP contribution in [0, 0.1) is 11.3 Å². The molecule has 0 aliphatic heterocycles. The maximum absolute atomic E-state index is 12.2. The van der Waals surface area contributed by atoms with Gasteiger partial charge >= 0.3 is 0 Å². The van der Waals surface area contributed by atoms with Crippen molar-refractivity contribution in [3.05, 3.63) is 0 Å². The molecule has 0 unspecified atom stereocenters. The molecule has 1 amide bonds. The smallest absolute Gasteiger partial charge is 0.231 e. The summed E-state index contributed by atoms with van der Waals surface area (Å²) in [7, 11) is 0. The molecule has 0 aromatic carbocycles. The minimum atomic E-state index is -0.689. The lowest BCUT2D eigenvalue weighted by atomic mass is 9.83. The summed E-state index contributed by atoms with van der Waals surface area (Å²) in [4.78, 5) is 12.2. The molecule has 7 nitrogen and oxygen atoms in total. The van der Waals surface area contributed by atoms with E-state index in [2.05, 4.69) is 26.9 Å². The van der Waals surface area contributed by atoms with E-state index in [1.807, 2.05) is 20.8 Å². The first-order valence-electron chi connectivity index (χ1n) is 7.50.